The number of carbonyl (C=O) groups is 1. The van der Waals surface area contributed by atoms with E-state index in [0.29, 0.717) is 28.6 Å². The predicted molar refractivity (Wildman–Crippen MR) is 130 cm³/mol. The van der Waals surface area contributed by atoms with Crippen LogP contribution in [0.3, 0.4) is 0 Å². The maximum Gasteiger partial charge on any atom is 0.290 e. The van der Waals surface area contributed by atoms with E-state index < -0.39 is 11.0 Å². The molecule has 0 saturated carbocycles. The van der Waals surface area contributed by atoms with Crippen molar-refractivity contribution in [1.29, 1.82) is 0 Å². The smallest absolute Gasteiger partial charge is 0.290 e. The third-order valence-electron chi connectivity index (χ3n) is 6.77. The van der Waals surface area contributed by atoms with Crippen LogP contribution in [0.4, 0.5) is 5.69 Å². The fourth-order valence-corrected chi connectivity index (χ4v) is 4.64. The summed E-state index contributed by atoms with van der Waals surface area (Å²) in [7, 11) is 0. The molecule has 1 atom stereocenters. The van der Waals surface area contributed by atoms with E-state index in [1.165, 1.54) is 12.1 Å². The topological polar surface area (TPSA) is 96.9 Å². The van der Waals surface area contributed by atoms with E-state index in [1.54, 1.807) is 29.2 Å². The quantitative estimate of drug-likeness (QED) is 0.358. The molecule has 4 rings (SSSR count). The fraction of sp³-hybridized carbons (Fsp3) is 0.385. The molecule has 0 aliphatic carbocycles. The lowest BCUT2D eigenvalue weighted by Crippen LogP contribution is -2.33. The van der Waals surface area contributed by atoms with Gasteiger partial charge in [-0.1, -0.05) is 13.8 Å². The molecule has 2 aromatic carbocycles. The summed E-state index contributed by atoms with van der Waals surface area (Å²) in [5.74, 6) is -0.262. The number of nitrogens with zero attached hydrogens (tertiary/aromatic N) is 3. The predicted octanol–water partition coefficient (Wildman–Crippen LogP) is 4.60. The third kappa shape index (κ3) is 4.09. The molecular formula is C26H29N3O5. The largest absolute Gasteiger partial charge is 0.450 e. The molecule has 0 saturated heterocycles. The summed E-state index contributed by atoms with van der Waals surface area (Å²) in [4.78, 5) is 41.8. The highest BCUT2D eigenvalue weighted by atomic mass is 16.6. The zero-order valence-corrected chi connectivity index (χ0v) is 20.0. The van der Waals surface area contributed by atoms with Crippen LogP contribution in [0.1, 0.15) is 59.1 Å². The maximum atomic E-state index is 13.7. The van der Waals surface area contributed by atoms with E-state index in [1.807, 2.05) is 13.8 Å². The Hall–Kier alpha value is -3.52. The molecule has 1 amide bonds. The molecule has 0 fully saturated rings. The van der Waals surface area contributed by atoms with Crippen molar-refractivity contribution in [2.75, 3.05) is 26.2 Å². The zero-order chi connectivity index (χ0) is 24.6. The first-order valence-electron chi connectivity index (χ1n) is 11.6. The van der Waals surface area contributed by atoms with Gasteiger partial charge >= 0.3 is 0 Å². The van der Waals surface area contributed by atoms with Gasteiger partial charge in [0.2, 0.25) is 5.76 Å². The Morgan fingerprint density at radius 2 is 1.71 bits per heavy atom. The first-order chi connectivity index (χ1) is 16.3. The number of hydrogen-bond donors (Lipinski definition) is 0. The molecule has 2 heterocycles. The second-order valence-electron chi connectivity index (χ2n) is 8.74. The number of hydrogen-bond acceptors (Lipinski definition) is 6. The lowest BCUT2D eigenvalue weighted by atomic mass is 9.97. The van der Waals surface area contributed by atoms with Gasteiger partial charge in [-0.2, -0.15) is 0 Å². The van der Waals surface area contributed by atoms with Crippen LogP contribution < -0.4 is 5.43 Å². The van der Waals surface area contributed by atoms with Crippen LogP contribution in [0, 0.1) is 24.0 Å². The highest BCUT2D eigenvalue weighted by molar-refractivity contribution is 5.99. The van der Waals surface area contributed by atoms with Gasteiger partial charge in [0.05, 0.1) is 21.9 Å². The molecule has 1 aliphatic rings. The first-order valence-corrected chi connectivity index (χ1v) is 11.6. The van der Waals surface area contributed by atoms with Gasteiger partial charge in [-0.05, 0) is 80.9 Å². The van der Waals surface area contributed by atoms with Crippen molar-refractivity contribution in [3.63, 3.8) is 0 Å². The number of amides is 1. The summed E-state index contributed by atoms with van der Waals surface area (Å²) in [5.41, 5.74) is 3.01. The standard InChI is InChI=1S/C26H29N3O5/c1-5-27(6-2)12-7-13-28-23(18-8-10-19(11-9-18)29(32)33)22-24(30)20-14-16(3)17(4)15-21(20)34-25(22)26(28)31/h8-11,14-15,23H,5-7,12-13H2,1-4H3. The van der Waals surface area contributed by atoms with E-state index in [0.717, 1.165) is 37.2 Å². The van der Waals surface area contributed by atoms with Crippen LogP contribution in [-0.2, 0) is 0 Å². The minimum Gasteiger partial charge on any atom is -0.450 e. The Labute approximate surface area is 197 Å². The number of rotatable bonds is 8. The van der Waals surface area contributed by atoms with Crippen molar-refractivity contribution in [2.45, 2.75) is 40.2 Å². The molecule has 0 bridgehead atoms. The lowest BCUT2D eigenvalue weighted by Gasteiger charge is -2.26. The average Bonchev–Trinajstić information content (AvgIpc) is 3.10. The van der Waals surface area contributed by atoms with Crippen LogP contribution >= 0.6 is 0 Å². The first kappa shape index (κ1) is 23.6. The van der Waals surface area contributed by atoms with Crippen LogP contribution in [0.2, 0.25) is 0 Å². The number of aryl methyl sites for hydroxylation is 2. The van der Waals surface area contributed by atoms with E-state index in [2.05, 4.69) is 18.7 Å². The van der Waals surface area contributed by atoms with Gasteiger partial charge in [0.25, 0.3) is 11.6 Å². The summed E-state index contributed by atoms with van der Waals surface area (Å²) in [6, 6.07) is 8.99. The molecule has 1 unspecified atom stereocenters. The fourth-order valence-electron chi connectivity index (χ4n) is 4.64. The Balaban J connectivity index is 1.82. The normalized spacial score (nSPS) is 15.4. The highest BCUT2D eigenvalue weighted by Crippen LogP contribution is 2.39. The summed E-state index contributed by atoms with van der Waals surface area (Å²) < 4.78 is 6.04. The third-order valence-corrected chi connectivity index (χ3v) is 6.77. The Bertz CT molecular complexity index is 1310. The average molecular weight is 464 g/mol. The molecule has 34 heavy (non-hydrogen) atoms. The Morgan fingerprint density at radius 1 is 1.06 bits per heavy atom. The summed E-state index contributed by atoms with van der Waals surface area (Å²) >= 11 is 0. The van der Waals surface area contributed by atoms with E-state index in [9.17, 15) is 19.7 Å². The van der Waals surface area contributed by atoms with Gasteiger partial charge in [0.1, 0.15) is 5.58 Å². The zero-order valence-electron chi connectivity index (χ0n) is 20.0. The number of carbonyl (C=O) groups excluding carboxylic acids is 1. The lowest BCUT2D eigenvalue weighted by molar-refractivity contribution is -0.384. The summed E-state index contributed by atoms with van der Waals surface area (Å²) in [6.45, 7) is 11.2. The molecule has 8 heteroatoms. The van der Waals surface area contributed by atoms with Crippen LogP contribution in [-0.4, -0.2) is 46.8 Å². The second-order valence-corrected chi connectivity index (χ2v) is 8.74. The molecule has 0 radical (unpaired) electrons. The number of nitro benzene ring substituents is 1. The summed E-state index contributed by atoms with van der Waals surface area (Å²) in [5, 5.41) is 11.6. The van der Waals surface area contributed by atoms with E-state index >= 15 is 0 Å². The van der Waals surface area contributed by atoms with Gasteiger partial charge < -0.3 is 14.2 Å². The Morgan fingerprint density at radius 3 is 2.32 bits per heavy atom. The molecule has 1 aliphatic heterocycles. The van der Waals surface area contributed by atoms with Crippen molar-refractivity contribution >= 4 is 22.6 Å². The van der Waals surface area contributed by atoms with Crippen molar-refractivity contribution in [1.82, 2.24) is 9.80 Å². The molecule has 3 aromatic rings. The van der Waals surface area contributed by atoms with Crippen molar-refractivity contribution in [3.05, 3.63) is 84.7 Å². The molecule has 0 N–H and O–H groups in total. The van der Waals surface area contributed by atoms with Crippen LogP contribution in [0.25, 0.3) is 11.0 Å². The second kappa shape index (κ2) is 9.38. The number of nitro groups is 1. The van der Waals surface area contributed by atoms with Gasteiger partial charge in [-0.3, -0.25) is 19.7 Å². The summed E-state index contributed by atoms with van der Waals surface area (Å²) in [6.07, 6.45) is 0.733. The van der Waals surface area contributed by atoms with Gasteiger partial charge in [0.15, 0.2) is 5.43 Å². The number of non-ortho nitro benzene ring substituents is 1. The van der Waals surface area contributed by atoms with E-state index in [-0.39, 0.29) is 22.8 Å². The molecule has 8 nitrogen and oxygen atoms in total. The minimum absolute atomic E-state index is 0.0435. The highest BCUT2D eigenvalue weighted by Gasteiger charge is 2.42. The van der Waals surface area contributed by atoms with Gasteiger partial charge in [0, 0.05) is 18.7 Å². The number of fused-ring (bicyclic) bond motifs is 2. The number of benzene rings is 2. The SMILES string of the molecule is CCN(CC)CCCN1C(=O)c2oc3cc(C)c(C)cc3c(=O)c2C1c1ccc([N+](=O)[O-])cc1. The van der Waals surface area contributed by atoms with Crippen molar-refractivity contribution in [3.8, 4) is 0 Å². The van der Waals surface area contributed by atoms with Crippen molar-refractivity contribution < 1.29 is 14.1 Å². The molecule has 1 aromatic heterocycles. The van der Waals surface area contributed by atoms with Gasteiger partial charge in [-0.15, -0.1) is 0 Å². The maximum absolute atomic E-state index is 13.7. The minimum atomic E-state index is -0.651. The van der Waals surface area contributed by atoms with Crippen molar-refractivity contribution in [2.24, 2.45) is 0 Å². The molecule has 178 valence electrons. The van der Waals surface area contributed by atoms with Crippen LogP contribution in [0.15, 0.2) is 45.6 Å². The monoisotopic (exact) mass is 463 g/mol. The molecular weight excluding hydrogens is 434 g/mol. The molecule has 0 spiro atoms. The van der Waals surface area contributed by atoms with Crippen LogP contribution in [0.5, 0.6) is 0 Å². The van der Waals surface area contributed by atoms with E-state index in [4.69, 9.17) is 4.42 Å². The van der Waals surface area contributed by atoms with Gasteiger partial charge in [-0.25, -0.2) is 0 Å². The Kier molecular flexibility index (Phi) is 6.52.